The van der Waals surface area contributed by atoms with Gasteiger partial charge in [-0.25, -0.2) is 0 Å². The van der Waals surface area contributed by atoms with Gasteiger partial charge in [0.1, 0.15) is 0 Å². The molecule has 1 N–H and O–H groups in total. The lowest BCUT2D eigenvalue weighted by Crippen LogP contribution is -2.40. The van der Waals surface area contributed by atoms with Crippen LogP contribution < -0.4 is 5.32 Å². The zero-order chi connectivity index (χ0) is 20.4. The first-order chi connectivity index (χ1) is 14.0. The van der Waals surface area contributed by atoms with Crippen LogP contribution in [0.2, 0.25) is 0 Å². The minimum absolute atomic E-state index is 0.156. The van der Waals surface area contributed by atoms with Gasteiger partial charge in [-0.05, 0) is 61.6 Å². The van der Waals surface area contributed by atoms with Crippen LogP contribution in [0, 0.1) is 13.8 Å². The van der Waals surface area contributed by atoms with E-state index >= 15 is 0 Å². The smallest absolute Gasteiger partial charge is 0.236 e. The average Bonchev–Trinajstić information content (AvgIpc) is 3.16. The summed E-state index contributed by atoms with van der Waals surface area (Å²) in [5.41, 5.74) is 6.09. The number of carbonyl (C=O) groups is 1. The van der Waals surface area contributed by atoms with Crippen LogP contribution in [-0.4, -0.2) is 32.8 Å². The summed E-state index contributed by atoms with van der Waals surface area (Å²) in [6.07, 6.45) is 0.919. The van der Waals surface area contributed by atoms with E-state index in [2.05, 4.69) is 59.7 Å². The molecule has 1 aliphatic rings. The second-order valence-electron chi connectivity index (χ2n) is 7.34. The predicted molar refractivity (Wildman–Crippen MR) is 120 cm³/mol. The third-order valence-electron chi connectivity index (χ3n) is 5.23. The molecule has 5 nitrogen and oxygen atoms in total. The third kappa shape index (κ3) is 4.62. The molecular formula is C22H24N4OS2. The summed E-state index contributed by atoms with van der Waals surface area (Å²) in [6.45, 7) is 7.60. The Balaban J connectivity index is 1.37. The Morgan fingerprint density at radius 3 is 2.72 bits per heavy atom. The van der Waals surface area contributed by atoms with Crippen molar-refractivity contribution in [2.24, 2.45) is 0 Å². The van der Waals surface area contributed by atoms with Gasteiger partial charge in [0.2, 0.25) is 11.0 Å². The minimum atomic E-state index is -0.192. The van der Waals surface area contributed by atoms with E-state index in [4.69, 9.17) is 0 Å². The molecular weight excluding hydrogens is 400 g/mol. The van der Waals surface area contributed by atoms with Crippen molar-refractivity contribution in [2.45, 2.75) is 43.3 Å². The van der Waals surface area contributed by atoms with Crippen LogP contribution in [0.1, 0.15) is 29.2 Å². The summed E-state index contributed by atoms with van der Waals surface area (Å²) >= 11 is 2.95. The van der Waals surface area contributed by atoms with E-state index in [1.165, 1.54) is 45.4 Å². The fourth-order valence-corrected chi connectivity index (χ4v) is 5.39. The number of fused-ring (bicyclic) bond motifs is 1. The summed E-state index contributed by atoms with van der Waals surface area (Å²) in [7, 11) is 0. The summed E-state index contributed by atoms with van der Waals surface area (Å²) in [5, 5.41) is 12.3. The van der Waals surface area contributed by atoms with Crippen LogP contribution in [0.15, 0.2) is 46.8 Å². The van der Waals surface area contributed by atoms with Gasteiger partial charge in [-0.2, -0.15) is 0 Å². The van der Waals surface area contributed by atoms with E-state index < -0.39 is 0 Å². The number of benzene rings is 2. The maximum Gasteiger partial charge on any atom is 0.236 e. The van der Waals surface area contributed by atoms with Crippen molar-refractivity contribution in [3.63, 3.8) is 0 Å². The summed E-state index contributed by atoms with van der Waals surface area (Å²) in [4.78, 5) is 14.9. The Kier molecular flexibility index (Phi) is 5.87. The highest BCUT2D eigenvalue weighted by atomic mass is 32.2. The van der Waals surface area contributed by atoms with Crippen LogP contribution in [0.5, 0.6) is 0 Å². The molecule has 1 aromatic heterocycles. The predicted octanol–water partition coefficient (Wildman–Crippen LogP) is 4.96. The van der Waals surface area contributed by atoms with Crippen LogP contribution in [0.4, 0.5) is 10.8 Å². The molecule has 0 saturated carbocycles. The maximum absolute atomic E-state index is 12.9. The first-order valence-corrected chi connectivity index (χ1v) is 11.4. The van der Waals surface area contributed by atoms with Gasteiger partial charge in [0, 0.05) is 18.8 Å². The molecule has 29 heavy (non-hydrogen) atoms. The number of hydrogen-bond acceptors (Lipinski definition) is 6. The zero-order valence-electron chi connectivity index (χ0n) is 16.8. The lowest BCUT2D eigenvalue weighted by atomic mass is 10.00. The summed E-state index contributed by atoms with van der Waals surface area (Å²) in [6, 6.07) is 14.6. The SMILES string of the molecule is Cc1ccc(Nc2nnc(SC(C)C(=O)N3CCc4ccccc4C3)s2)cc1C. The fraction of sp³-hybridized carbons (Fsp3) is 0.318. The Bertz CT molecular complexity index is 1030. The highest BCUT2D eigenvalue weighted by Gasteiger charge is 2.26. The Labute approximate surface area is 179 Å². The minimum Gasteiger partial charge on any atom is -0.337 e. The first-order valence-electron chi connectivity index (χ1n) is 9.69. The van der Waals surface area contributed by atoms with Gasteiger partial charge < -0.3 is 10.2 Å². The number of rotatable bonds is 5. The summed E-state index contributed by atoms with van der Waals surface area (Å²) < 4.78 is 0.801. The molecule has 1 aliphatic heterocycles. The highest BCUT2D eigenvalue weighted by Crippen LogP contribution is 2.32. The number of amides is 1. The highest BCUT2D eigenvalue weighted by molar-refractivity contribution is 8.02. The molecule has 0 saturated heterocycles. The first kappa shape index (κ1) is 19.9. The topological polar surface area (TPSA) is 58.1 Å². The molecule has 0 spiro atoms. The maximum atomic E-state index is 12.9. The number of hydrogen-bond donors (Lipinski definition) is 1. The van der Waals surface area contributed by atoms with Crippen molar-refractivity contribution in [1.82, 2.24) is 15.1 Å². The Morgan fingerprint density at radius 1 is 1.14 bits per heavy atom. The third-order valence-corrected chi connectivity index (χ3v) is 7.24. The van der Waals surface area contributed by atoms with Crippen molar-refractivity contribution in [3.8, 4) is 0 Å². The second-order valence-corrected chi connectivity index (χ2v) is 9.90. The van der Waals surface area contributed by atoms with E-state index in [1.54, 1.807) is 0 Å². The van der Waals surface area contributed by atoms with Gasteiger partial charge in [-0.15, -0.1) is 10.2 Å². The van der Waals surface area contributed by atoms with Gasteiger partial charge in [0.25, 0.3) is 0 Å². The molecule has 1 amide bonds. The molecule has 1 unspecified atom stereocenters. The largest absolute Gasteiger partial charge is 0.337 e. The molecule has 2 heterocycles. The molecule has 4 rings (SSSR count). The van der Waals surface area contributed by atoms with Gasteiger partial charge in [-0.3, -0.25) is 4.79 Å². The van der Waals surface area contributed by atoms with Crippen molar-refractivity contribution in [1.29, 1.82) is 0 Å². The monoisotopic (exact) mass is 424 g/mol. The normalized spacial score (nSPS) is 14.4. The van der Waals surface area contributed by atoms with Gasteiger partial charge in [0.05, 0.1) is 5.25 Å². The van der Waals surface area contributed by atoms with Crippen molar-refractivity contribution >= 4 is 39.8 Å². The van der Waals surface area contributed by atoms with Crippen molar-refractivity contribution in [2.75, 3.05) is 11.9 Å². The number of aromatic nitrogens is 2. The van der Waals surface area contributed by atoms with Crippen LogP contribution in [0.25, 0.3) is 0 Å². The average molecular weight is 425 g/mol. The van der Waals surface area contributed by atoms with Crippen LogP contribution in [0.3, 0.4) is 0 Å². The van der Waals surface area contributed by atoms with Crippen LogP contribution >= 0.6 is 23.1 Å². The van der Waals surface area contributed by atoms with Crippen LogP contribution in [-0.2, 0) is 17.8 Å². The molecule has 1 atom stereocenters. The van der Waals surface area contributed by atoms with E-state index in [1.807, 2.05) is 24.0 Å². The standard InChI is InChI=1S/C22H24N4OS2/c1-14-8-9-19(12-15(14)2)23-21-24-25-22(29-21)28-16(3)20(27)26-11-10-17-6-4-5-7-18(17)13-26/h4-9,12,16H,10-11,13H2,1-3H3,(H,23,24). The molecule has 2 aromatic carbocycles. The summed E-state index contributed by atoms with van der Waals surface area (Å²) in [5.74, 6) is 0.156. The molecule has 0 fully saturated rings. The molecule has 0 bridgehead atoms. The molecule has 3 aromatic rings. The zero-order valence-corrected chi connectivity index (χ0v) is 18.4. The molecule has 150 valence electrons. The van der Waals surface area contributed by atoms with Crippen molar-refractivity contribution in [3.05, 3.63) is 64.7 Å². The Hall–Kier alpha value is -2.38. The van der Waals surface area contributed by atoms with E-state index in [9.17, 15) is 4.79 Å². The van der Waals surface area contributed by atoms with E-state index in [0.717, 1.165) is 28.1 Å². The van der Waals surface area contributed by atoms with E-state index in [0.29, 0.717) is 6.54 Å². The number of nitrogens with one attached hydrogen (secondary N) is 1. The number of nitrogens with zero attached hydrogens (tertiary/aromatic N) is 3. The molecule has 0 aliphatic carbocycles. The van der Waals surface area contributed by atoms with E-state index in [-0.39, 0.29) is 11.2 Å². The fourth-order valence-electron chi connectivity index (χ4n) is 3.39. The van der Waals surface area contributed by atoms with Gasteiger partial charge in [-0.1, -0.05) is 53.4 Å². The lowest BCUT2D eigenvalue weighted by molar-refractivity contribution is -0.131. The second kappa shape index (κ2) is 8.55. The number of anilines is 2. The Morgan fingerprint density at radius 2 is 1.93 bits per heavy atom. The van der Waals surface area contributed by atoms with Gasteiger partial charge in [0.15, 0.2) is 4.34 Å². The quantitative estimate of drug-likeness (QED) is 0.587. The molecule has 7 heteroatoms. The number of thioether (sulfide) groups is 1. The number of aryl methyl sites for hydroxylation is 2. The van der Waals surface area contributed by atoms with Gasteiger partial charge >= 0.3 is 0 Å². The number of carbonyl (C=O) groups excluding carboxylic acids is 1. The van der Waals surface area contributed by atoms with Crippen molar-refractivity contribution < 1.29 is 4.79 Å². The lowest BCUT2D eigenvalue weighted by Gasteiger charge is -2.30. The molecule has 0 radical (unpaired) electrons.